The number of ether oxygens (including phenoxy) is 2. The average Bonchev–Trinajstić information content (AvgIpc) is 2.79. The quantitative estimate of drug-likeness (QED) is 0.467. The molecule has 0 radical (unpaired) electrons. The van der Waals surface area contributed by atoms with Crippen LogP contribution in [0.1, 0.15) is 50.0 Å². The summed E-state index contributed by atoms with van der Waals surface area (Å²) in [6, 6.07) is 17.1. The van der Waals surface area contributed by atoms with E-state index in [2.05, 4.69) is 43.0 Å². The molecule has 0 bridgehead atoms. The van der Waals surface area contributed by atoms with Crippen LogP contribution in [0.15, 0.2) is 61.2 Å². The smallest absolute Gasteiger partial charge is 0.160 e. The van der Waals surface area contributed by atoms with Crippen molar-refractivity contribution < 1.29 is 9.47 Å². The summed E-state index contributed by atoms with van der Waals surface area (Å²) in [5, 5.41) is 0.778. The van der Waals surface area contributed by atoms with Gasteiger partial charge in [-0.15, -0.1) is 6.58 Å². The van der Waals surface area contributed by atoms with Gasteiger partial charge in [-0.25, -0.2) is 0 Å². The number of benzene rings is 2. The van der Waals surface area contributed by atoms with Crippen molar-refractivity contribution in [2.24, 2.45) is 11.8 Å². The van der Waals surface area contributed by atoms with Gasteiger partial charge in [0.15, 0.2) is 6.29 Å². The van der Waals surface area contributed by atoms with E-state index >= 15 is 0 Å². The van der Waals surface area contributed by atoms with E-state index in [1.807, 2.05) is 18.2 Å². The standard InChI is InChI=1S/C26H31ClO2/c1-2-3-4-19-17-28-26(29-18-19)24-11-9-22(10-12-24)20-5-7-21(8-6-20)23-13-15-25(27)16-14-23/h2,5-8,13-16,19,22,24,26H,1,3-4,9-12,17-18H2/t19-,22-,24-,26-. The van der Waals surface area contributed by atoms with Crippen molar-refractivity contribution in [3.63, 3.8) is 0 Å². The van der Waals surface area contributed by atoms with Crippen molar-refractivity contribution in [2.75, 3.05) is 13.2 Å². The van der Waals surface area contributed by atoms with Gasteiger partial charge in [-0.05, 0) is 73.3 Å². The Bertz CT molecular complexity index is 767. The molecule has 154 valence electrons. The normalized spacial score (nSPS) is 27.5. The highest BCUT2D eigenvalue weighted by molar-refractivity contribution is 6.30. The Kier molecular flexibility index (Phi) is 7.07. The van der Waals surface area contributed by atoms with Crippen molar-refractivity contribution in [1.29, 1.82) is 0 Å². The van der Waals surface area contributed by atoms with Gasteiger partial charge in [-0.3, -0.25) is 0 Å². The first-order valence-corrected chi connectivity index (χ1v) is 11.3. The number of rotatable bonds is 6. The molecule has 1 aliphatic carbocycles. The number of halogens is 1. The van der Waals surface area contributed by atoms with E-state index in [0.29, 0.717) is 17.8 Å². The minimum Gasteiger partial charge on any atom is -0.352 e. The van der Waals surface area contributed by atoms with E-state index in [-0.39, 0.29) is 6.29 Å². The first-order valence-electron chi connectivity index (χ1n) is 10.9. The fourth-order valence-electron chi connectivity index (χ4n) is 4.67. The van der Waals surface area contributed by atoms with E-state index in [1.54, 1.807) is 0 Å². The maximum Gasteiger partial charge on any atom is 0.160 e. The first kappa shape index (κ1) is 20.7. The minimum absolute atomic E-state index is 0.00297. The van der Waals surface area contributed by atoms with Crippen molar-refractivity contribution >= 4 is 11.6 Å². The number of allylic oxidation sites excluding steroid dienone is 1. The van der Waals surface area contributed by atoms with Crippen LogP contribution in [0.2, 0.25) is 5.02 Å². The summed E-state index contributed by atoms with van der Waals surface area (Å²) in [5.41, 5.74) is 3.91. The van der Waals surface area contributed by atoms with Crippen LogP contribution in [0.5, 0.6) is 0 Å². The van der Waals surface area contributed by atoms with Gasteiger partial charge >= 0.3 is 0 Å². The lowest BCUT2D eigenvalue weighted by Gasteiger charge is -2.37. The molecule has 1 aliphatic heterocycles. The molecular weight excluding hydrogens is 380 g/mol. The fraction of sp³-hybridized carbons (Fsp3) is 0.462. The van der Waals surface area contributed by atoms with Crippen molar-refractivity contribution in [2.45, 2.75) is 50.7 Å². The molecule has 29 heavy (non-hydrogen) atoms. The van der Waals surface area contributed by atoms with Gasteiger partial charge in [0.25, 0.3) is 0 Å². The van der Waals surface area contributed by atoms with E-state index in [9.17, 15) is 0 Å². The van der Waals surface area contributed by atoms with Crippen molar-refractivity contribution in [3.05, 3.63) is 71.8 Å². The molecule has 1 saturated heterocycles. The molecule has 2 aromatic carbocycles. The third kappa shape index (κ3) is 5.31. The molecule has 0 N–H and O–H groups in total. The summed E-state index contributed by atoms with van der Waals surface area (Å²) in [4.78, 5) is 0. The van der Waals surface area contributed by atoms with Crippen LogP contribution in [0.3, 0.4) is 0 Å². The van der Waals surface area contributed by atoms with E-state index in [4.69, 9.17) is 21.1 Å². The van der Waals surface area contributed by atoms with Crippen LogP contribution in [-0.2, 0) is 9.47 Å². The molecule has 2 aromatic rings. The molecule has 0 atom stereocenters. The summed E-state index contributed by atoms with van der Waals surface area (Å²) in [5.74, 6) is 1.72. The van der Waals surface area contributed by atoms with Crippen molar-refractivity contribution in [3.8, 4) is 11.1 Å². The maximum atomic E-state index is 6.08. The maximum absolute atomic E-state index is 6.08. The highest BCUT2D eigenvalue weighted by Crippen LogP contribution is 2.39. The largest absolute Gasteiger partial charge is 0.352 e. The predicted octanol–water partition coefficient (Wildman–Crippen LogP) is 7.24. The zero-order valence-electron chi connectivity index (χ0n) is 17.1. The molecule has 1 heterocycles. The Labute approximate surface area is 179 Å². The molecule has 0 spiro atoms. The lowest BCUT2D eigenvalue weighted by molar-refractivity contribution is -0.229. The molecular formula is C26H31ClO2. The molecule has 2 nitrogen and oxygen atoms in total. The Balaban J connectivity index is 1.27. The van der Waals surface area contributed by atoms with Gasteiger partial charge in [-0.2, -0.15) is 0 Å². The second-order valence-corrected chi connectivity index (χ2v) is 8.94. The molecule has 4 rings (SSSR count). The van der Waals surface area contributed by atoms with Gasteiger partial charge < -0.3 is 9.47 Å². The monoisotopic (exact) mass is 410 g/mol. The molecule has 0 amide bonds. The van der Waals surface area contributed by atoms with Crippen LogP contribution >= 0.6 is 11.6 Å². The second kappa shape index (κ2) is 9.93. The van der Waals surface area contributed by atoms with Crippen LogP contribution in [0.25, 0.3) is 11.1 Å². The molecule has 2 aliphatic rings. The Morgan fingerprint density at radius 2 is 1.45 bits per heavy atom. The highest BCUT2D eigenvalue weighted by Gasteiger charge is 2.32. The van der Waals surface area contributed by atoms with Gasteiger partial charge in [0.1, 0.15) is 0 Å². The van der Waals surface area contributed by atoms with E-state index < -0.39 is 0 Å². The Hall–Kier alpha value is -1.61. The Morgan fingerprint density at radius 1 is 0.862 bits per heavy atom. The zero-order chi connectivity index (χ0) is 20.1. The first-order chi connectivity index (χ1) is 14.2. The van der Waals surface area contributed by atoms with E-state index in [1.165, 1.54) is 42.4 Å². The zero-order valence-corrected chi connectivity index (χ0v) is 17.8. The average molecular weight is 411 g/mol. The van der Waals surface area contributed by atoms with Crippen molar-refractivity contribution in [1.82, 2.24) is 0 Å². The SMILES string of the molecule is C=CCC[C@H]1CO[C@H]([C@H]2CC[C@H](c3ccc(-c4ccc(Cl)cc4)cc3)CC2)OC1. The van der Waals surface area contributed by atoms with Crippen LogP contribution < -0.4 is 0 Å². The van der Waals surface area contributed by atoms with Crippen LogP contribution in [0.4, 0.5) is 0 Å². The summed E-state index contributed by atoms with van der Waals surface area (Å²) in [7, 11) is 0. The Morgan fingerprint density at radius 3 is 2.03 bits per heavy atom. The predicted molar refractivity (Wildman–Crippen MR) is 120 cm³/mol. The van der Waals surface area contributed by atoms with Gasteiger partial charge in [0, 0.05) is 16.9 Å². The van der Waals surface area contributed by atoms with Crippen LogP contribution in [-0.4, -0.2) is 19.5 Å². The van der Waals surface area contributed by atoms with Gasteiger partial charge in [-0.1, -0.05) is 54.1 Å². The lowest BCUT2D eigenvalue weighted by atomic mass is 9.78. The van der Waals surface area contributed by atoms with Crippen LogP contribution in [0, 0.1) is 11.8 Å². The van der Waals surface area contributed by atoms with E-state index in [0.717, 1.165) is 31.1 Å². The number of hydrogen-bond acceptors (Lipinski definition) is 2. The fourth-order valence-corrected chi connectivity index (χ4v) is 4.79. The molecule has 3 heteroatoms. The molecule has 0 aromatic heterocycles. The third-order valence-corrected chi connectivity index (χ3v) is 6.74. The van der Waals surface area contributed by atoms with Gasteiger partial charge in [0.05, 0.1) is 13.2 Å². The summed E-state index contributed by atoms with van der Waals surface area (Å²) in [6.45, 7) is 5.48. The van der Waals surface area contributed by atoms with Gasteiger partial charge in [0.2, 0.25) is 0 Å². The summed E-state index contributed by atoms with van der Waals surface area (Å²) in [6.07, 6.45) is 8.95. The highest BCUT2D eigenvalue weighted by atomic mass is 35.5. The summed E-state index contributed by atoms with van der Waals surface area (Å²) < 4.78 is 12.2. The molecule has 0 unspecified atom stereocenters. The molecule has 2 fully saturated rings. The molecule has 1 saturated carbocycles. The number of hydrogen-bond donors (Lipinski definition) is 0. The lowest BCUT2D eigenvalue weighted by Crippen LogP contribution is -2.38. The minimum atomic E-state index is 0.00297. The third-order valence-electron chi connectivity index (χ3n) is 6.49. The second-order valence-electron chi connectivity index (χ2n) is 8.51. The topological polar surface area (TPSA) is 18.5 Å². The summed E-state index contributed by atoms with van der Waals surface area (Å²) >= 11 is 6.00.